The van der Waals surface area contributed by atoms with E-state index in [1.807, 2.05) is 36.4 Å². The average Bonchev–Trinajstić information content (AvgIpc) is 2.92. The zero-order valence-corrected chi connectivity index (χ0v) is 12.1. The Morgan fingerprint density at radius 3 is 2.63 bits per heavy atom. The van der Waals surface area contributed by atoms with Gasteiger partial charge in [0.05, 0.1) is 0 Å². The summed E-state index contributed by atoms with van der Waals surface area (Å²) in [5, 5.41) is 4.67. The first-order chi connectivity index (χ1) is 9.24. The van der Waals surface area contributed by atoms with Gasteiger partial charge in [0.2, 0.25) is 0 Å². The molecule has 0 unspecified atom stereocenters. The van der Waals surface area contributed by atoms with Gasteiger partial charge in [-0.05, 0) is 35.4 Å². The van der Waals surface area contributed by atoms with Crippen molar-refractivity contribution in [3.63, 3.8) is 0 Å². The summed E-state index contributed by atoms with van der Waals surface area (Å²) in [6.07, 6.45) is 1.56. The van der Waals surface area contributed by atoms with Gasteiger partial charge in [-0.3, -0.25) is 0 Å². The van der Waals surface area contributed by atoms with Gasteiger partial charge in [-0.15, -0.1) is 0 Å². The first kappa shape index (κ1) is 12.5. The van der Waals surface area contributed by atoms with Crippen LogP contribution in [0.25, 0.3) is 22.4 Å². The number of halogens is 2. The van der Waals surface area contributed by atoms with Crippen molar-refractivity contribution in [2.24, 2.45) is 0 Å². The zero-order chi connectivity index (χ0) is 13.2. The maximum atomic E-state index is 6.08. The second-order valence-electron chi connectivity index (χ2n) is 4.08. The number of hydrogen-bond donors (Lipinski definition) is 0. The lowest BCUT2D eigenvalue weighted by molar-refractivity contribution is 0.422. The molecule has 4 heteroatoms. The van der Waals surface area contributed by atoms with Crippen molar-refractivity contribution in [3.05, 3.63) is 64.3 Å². The van der Waals surface area contributed by atoms with Crippen molar-refractivity contribution in [3.8, 4) is 22.4 Å². The summed E-state index contributed by atoms with van der Waals surface area (Å²) in [5.74, 6) is 0. The van der Waals surface area contributed by atoms with Gasteiger partial charge >= 0.3 is 0 Å². The topological polar surface area (TPSA) is 26.0 Å². The lowest BCUT2D eigenvalue weighted by Gasteiger charge is -2.08. The van der Waals surface area contributed by atoms with E-state index < -0.39 is 0 Å². The highest BCUT2D eigenvalue weighted by molar-refractivity contribution is 9.10. The Labute approximate surface area is 124 Å². The molecule has 3 aromatic rings. The highest BCUT2D eigenvalue weighted by Crippen LogP contribution is 2.34. The highest BCUT2D eigenvalue weighted by atomic mass is 79.9. The molecular formula is C15H9BrClNO. The molecule has 0 saturated carbocycles. The highest BCUT2D eigenvalue weighted by Gasteiger charge is 2.10. The predicted octanol–water partition coefficient (Wildman–Crippen LogP) is 5.42. The van der Waals surface area contributed by atoms with Crippen molar-refractivity contribution in [2.75, 3.05) is 0 Å². The van der Waals surface area contributed by atoms with Crippen LogP contribution in [-0.2, 0) is 0 Å². The van der Waals surface area contributed by atoms with E-state index in [-0.39, 0.29) is 0 Å². The largest absolute Gasteiger partial charge is 0.364 e. The van der Waals surface area contributed by atoms with E-state index in [1.54, 1.807) is 6.26 Å². The summed E-state index contributed by atoms with van der Waals surface area (Å²) in [4.78, 5) is 0. The molecule has 0 atom stereocenters. The van der Waals surface area contributed by atoms with E-state index in [9.17, 15) is 0 Å². The summed E-state index contributed by atoms with van der Waals surface area (Å²) in [5.41, 5.74) is 3.90. The third-order valence-electron chi connectivity index (χ3n) is 2.83. The van der Waals surface area contributed by atoms with Crippen LogP contribution in [-0.4, -0.2) is 5.16 Å². The second-order valence-corrected chi connectivity index (χ2v) is 5.44. The fourth-order valence-electron chi connectivity index (χ4n) is 1.99. The van der Waals surface area contributed by atoms with E-state index in [4.69, 9.17) is 16.1 Å². The van der Waals surface area contributed by atoms with Crippen LogP contribution in [0.3, 0.4) is 0 Å². The molecule has 1 heterocycles. The molecule has 0 aliphatic carbocycles. The summed E-state index contributed by atoms with van der Waals surface area (Å²) < 4.78 is 5.95. The van der Waals surface area contributed by atoms with Crippen LogP contribution < -0.4 is 0 Å². The molecule has 0 N–H and O–H groups in total. The van der Waals surface area contributed by atoms with Gasteiger partial charge in [0, 0.05) is 21.1 Å². The van der Waals surface area contributed by atoms with Crippen LogP contribution in [0.1, 0.15) is 0 Å². The van der Waals surface area contributed by atoms with E-state index in [0.29, 0.717) is 5.02 Å². The Kier molecular flexibility index (Phi) is 3.40. The van der Waals surface area contributed by atoms with Gasteiger partial charge in [-0.2, -0.15) is 0 Å². The number of hydrogen-bond acceptors (Lipinski definition) is 2. The fourth-order valence-corrected chi connectivity index (χ4v) is 2.56. The molecule has 0 spiro atoms. The first-order valence-corrected chi connectivity index (χ1v) is 6.87. The van der Waals surface area contributed by atoms with Gasteiger partial charge in [0.15, 0.2) is 0 Å². The zero-order valence-electron chi connectivity index (χ0n) is 9.81. The van der Waals surface area contributed by atoms with E-state index in [1.165, 1.54) is 0 Å². The number of nitrogens with zero attached hydrogens (tertiary/aromatic N) is 1. The monoisotopic (exact) mass is 333 g/mol. The molecule has 0 aliphatic heterocycles. The van der Waals surface area contributed by atoms with Gasteiger partial charge in [-0.1, -0.05) is 50.9 Å². The molecular weight excluding hydrogens is 326 g/mol. The minimum Gasteiger partial charge on any atom is -0.364 e. The predicted molar refractivity (Wildman–Crippen MR) is 80.1 cm³/mol. The minimum atomic E-state index is 0.678. The standard InChI is InChI=1S/C15H9BrClNO/c16-11-3-1-2-10(8-11)13-5-4-12(17)9-14(13)15-6-7-19-18-15/h1-9H. The van der Waals surface area contributed by atoms with Crippen molar-refractivity contribution in [1.82, 2.24) is 5.16 Å². The third-order valence-corrected chi connectivity index (χ3v) is 3.56. The van der Waals surface area contributed by atoms with Crippen LogP contribution in [0.5, 0.6) is 0 Å². The molecule has 0 saturated heterocycles. The van der Waals surface area contributed by atoms with E-state index >= 15 is 0 Å². The first-order valence-electron chi connectivity index (χ1n) is 5.70. The molecule has 94 valence electrons. The molecule has 2 aromatic carbocycles. The van der Waals surface area contributed by atoms with Crippen LogP contribution in [0, 0.1) is 0 Å². The molecule has 0 amide bonds. The Hall–Kier alpha value is -1.58. The molecule has 0 radical (unpaired) electrons. The lowest BCUT2D eigenvalue weighted by atomic mass is 9.98. The van der Waals surface area contributed by atoms with Crippen molar-refractivity contribution >= 4 is 27.5 Å². The molecule has 1 aromatic heterocycles. The molecule has 19 heavy (non-hydrogen) atoms. The Bertz CT molecular complexity index is 710. The Balaban J connectivity index is 2.21. The summed E-state index contributed by atoms with van der Waals surface area (Å²) in [6, 6.07) is 15.7. The van der Waals surface area contributed by atoms with Gasteiger partial charge in [0.1, 0.15) is 12.0 Å². The average molecular weight is 335 g/mol. The fraction of sp³-hybridized carbons (Fsp3) is 0. The SMILES string of the molecule is Clc1ccc(-c2cccc(Br)c2)c(-c2ccon2)c1. The molecule has 0 aliphatic rings. The van der Waals surface area contributed by atoms with Crippen molar-refractivity contribution < 1.29 is 4.52 Å². The van der Waals surface area contributed by atoms with Crippen LogP contribution in [0.2, 0.25) is 5.02 Å². The van der Waals surface area contributed by atoms with Crippen LogP contribution in [0.4, 0.5) is 0 Å². The van der Waals surface area contributed by atoms with E-state index in [2.05, 4.69) is 33.2 Å². The molecule has 3 rings (SSSR count). The normalized spacial score (nSPS) is 10.6. The van der Waals surface area contributed by atoms with Gasteiger partial charge in [-0.25, -0.2) is 0 Å². The Morgan fingerprint density at radius 2 is 1.89 bits per heavy atom. The van der Waals surface area contributed by atoms with Gasteiger partial charge < -0.3 is 4.52 Å². The summed E-state index contributed by atoms with van der Waals surface area (Å²) >= 11 is 9.57. The van der Waals surface area contributed by atoms with Crippen LogP contribution in [0.15, 0.2) is 63.8 Å². The second kappa shape index (κ2) is 5.19. The number of benzene rings is 2. The van der Waals surface area contributed by atoms with Crippen molar-refractivity contribution in [1.29, 1.82) is 0 Å². The summed E-state index contributed by atoms with van der Waals surface area (Å²) in [7, 11) is 0. The number of rotatable bonds is 2. The maximum absolute atomic E-state index is 6.08. The lowest BCUT2D eigenvalue weighted by Crippen LogP contribution is -1.85. The summed E-state index contributed by atoms with van der Waals surface area (Å²) in [6.45, 7) is 0. The molecule has 0 fully saturated rings. The van der Waals surface area contributed by atoms with Gasteiger partial charge in [0.25, 0.3) is 0 Å². The number of aromatic nitrogens is 1. The third kappa shape index (κ3) is 2.57. The molecule has 2 nitrogen and oxygen atoms in total. The van der Waals surface area contributed by atoms with Crippen LogP contribution >= 0.6 is 27.5 Å². The molecule has 0 bridgehead atoms. The Morgan fingerprint density at radius 1 is 1.00 bits per heavy atom. The minimum absolute atomic E-state index is 0.678. The smallest absolute Gasteiger partial charge is 0.124 e. The maximum Gasteiger partial charge on any atom is 0.124 e. The van der Waals surface area contributed by atoms with Crippen molar-refractivity contribution in [2.45, 2.75) is 0 Å². The van der Waals surface area contributed by atoms with E-state index in [0.717, 1.165) is 26.9 Å². The quantitative estimate of drug-likeness (QED) is 0.625.